The molecule has 23 heavy (non-hydrogen) atoms. The maximum Gasteiger partial charge on any atom is 0.573 e. The number of carboxylic acid groups (broad SMARTS) is 1. The van der Waals surface area contributed by atoms with Gasteiger partial charge in [0.2, 0.25) is 5.91 Å². The van der Waals surface area contributed by atoms with Crippen molar-refractivity contribution in [2.75, 3.05) is 18.4 Å². The summed E-state index contributed by atoms with van der Waals surface area (Å²) in [6.07, 6.45) is -4.70. The van der Waals surface area contributed by atoms with Gasteiger partial charge in [-0.25, -0.2) is 4.79 Å². The SMILES string of the molecule is O=C(Nc1ccc(OC(F)(F)F)cc1)[C@@H]1CCCN(C(=O)O)C1. The molecule has 1 heterocycles. The van der Waals surface area contributed by atoms with E-state index in [0.29, 0.717) is 25.1 Å². The first-order valence-corrected chi connectivity index (χ1v) is 6.89. The predicted molar refractivity (Wildman–Crippen MR) is 74.1 cm³/mol. The van der Waals surface area contributed by atoms with Crippen LogP contribution in [0.1, 0.15) is 12.8 Å². The van der Waals surface area contributed by atoms with Crippen molar-refractivity contribution in [3.05, 3.63) is 24.3 Å². The molecule has 2 amide bonds. The molecule has 0 spiro atoms. The van der Waals surface area contributed by atoms with Crippen molar-refractivity contribution in [1.29, 1.82) is 0 Å². The summed E-state index contributed by atoms with van der Waals surface area (Å²) >= 11 is 0. The fourth-order valence-corrected chi connectivity index (χ4v) is 2.35. The summed E-state index contributed by atoms with van der Waals surface area (Å²) in [6.45, 7) is 0.499. The molecule has 1 aliphatic heterocycles. The largest absolute Gasteiger partial charge is 0.573 e. The third kappa shape index (κ3) is 5.04. The number of rotatable bonds is 3. The minimum Gasteiger partial charge on any atom is -0.465 e. The lowest BCUT2D eigenvalue weighted by molar-refractivity contribution is -0.274. The standard InChI is InChI=1S/C14H15F3N2O4/c15-14(16,17)23-11-5-3-10(4-6-11)18-12(20)9-2-1-7-19(8-9)13(21)22/h3-6,9H,1-2,7-8H2,(H,18,20)(H,21,22)/t9-/m1/s1. The first-order chi connectivity index (χ1) is 10.7. The molecule has 0 saturated carbocycles. The number of nitrogens with one attached hydrogen (secondary N) is 1. The molecule has 1 aromatic rings. The van der Waals surface area contributed by atoms with Crippen LogP contribution in [-0.2, 0) is 4.79 Å². The van der Waals surface area contributed by atoms with Crippen molar-refractivity contribution < 1.29 is 32.6 Å². The van der Waals surface area contributed by atoms with Crippen LogP contribution in [0.3, 0.4) is 0 Å². The van der Waals surface area contributed by atoms with E-state index in [1.807, 2.05) is 0 Å². The van der Waals surface area contributed by atoms with Crippen LogP contribution < -0.4 is 10.1 Å². The number of hydrogen-bond donors (Lipinski definition) is 2. The normalized spacial score (nSPS) is 18.4. The van der Waals surface area contributed by atoms with Gasteiger partial charge < -0.3 is 20.1 Å². The van der Waals surface area contributed by atoms with Crippen molar-refractivity contribution in [2.45, 2.75) is 19.2 Å². The Morgan fingerprint density at radius 2 is 1.91 bits per heavy atom. The Kier molecular flexibility index (Phi) is 4.97. The van der Waals surface area contributed by atoms with Gasteiger partial charge in [-0.1, -0.05) is 0 Å². The molecule has 0 aromatic heterocycles. The summed E-state index contributed by atoms with van der Waals surface area (Å²) in [5.74, 6) is -1.23. The zero-order valence-corrected chi connectivity index (χ0v) is 12.0. The van der Waals surface area contributed by atoms with Gasteiger partial charge in [0, 0.05) is 18.8 Å². The number of carbonyl (C=O) groups excluding carboxylic acids is 1. The lowest BCUT2D eigenvalue weighted by Gasteiger charge is -2.29. The first-order valence-electron chi connectivity index (χ1n) is 6.89. The van der Waals surface area contributed by atoms with Crippen LogP contribution >= 0.6 is 0 Å². The number of benzene rings is 1. The highest BCUT2D eigenvalue weighted by Crippen LogP contribution is 2.24. The van der Waals surface area contributed by atoms with Crippen LogP contribution in [0.4, 0.5) is 23.7 Å². The number of amides is 2. The number of piperidine rings is 1. The van der Waals surface area contributed by atoms with Gasteiger partial charge in [0.15, 0.2) is 0 Å². The van der Waals surface area contributed by atoms with Crippen molar-refractivity contribution in [2.24, 2.45) is 5.92 Å². The molecule has 6 nitrogen and oxygen atoms in total. The van der Waals surface area contributed by atoms with Crippen molar-refractivity contribution in [3.8, 4) is 5.75 Å². The molecule has 1 saturated heterocycles. The highest BCUT2D eigenvalue weighted by molar-refractivity contribution is 5.93. The van der Waals surface area contributed by atoms with Gasteiger partial charge >= 0.3 is 12.5 Å². The number of hydrogen-bond acceptors (Lipinski definition) is 3. The lowest BCUT2D eigenvalue weighted by Crippen LogP contribution is -2.43. The molecule has 126 valence electrons. The molecule has 1 aliphatic rings. The Labute approximate surface area is 129 Å². The second kappa shape index (κ2) is 6.76. The predicted octanol–water partition coefficient (Wildman–Crippen LogP) is 2.91. The zero-order chi connectivity index (χ0) is 17.0. The van der Waals surface area contributed by atoms with E-state index in [4.69, 9.17) is 5.11 Å². The Morgan fingerprint density at radius 1 is 1.26 bits per heavy atom. The number of alkyl halides is 3. The van der Waals surface area contributed by atoms with Crippen LogP contribution in [0, 0.1) is 5.92 Å². The molecule has 9 heteroatoms. The van der Waals surface area contributed by atoms with Crippen LogP contribution in [0.25, 0.3) is 0 Å². The number of nitrogens with zero attached hydrogens (tertiary/aromatic N) is 1. The van der Waals surface area contributed by atoms with Gasteiger partial charge in [0.05, 0.1) is 5.92 Å². The molecule has 0 radical (unpaired) electrons. The Morgan fingerprint density at radius 3 is 2.48 bits per heavy atom. The Hall–Kier alpha value is -2.45. The summed E-state index contributed by atoms with van der Waals surface area (Å²) in [7, 11) is 0. The van der Waals surface area contributed by atoms with Crippen LogP contribution in [-0.4, -0.2) is 41.5 Å². The van der Waals surface area contributed by atoms with Crippen molar-refractivity contribution in [1.82, 2.24) is 4.90 Å². The van der Waals surface area contributed by atoms with E-state index in [1.165, 1.54) is 17.0 Å². The molecule has 1 aromatic carbocycles. The highest BCUT2D eigenvalue weighted by Gasteiger charge is 2.31. The fourth-order valence-electron chi connectivity index (χ4n) is 2.35. The van der Waals surface area contributed by atoms with Gasteiger partial charge in [-0.2, -0.15) is 0 Å². The maximum atomic E-state index is 12.1. The van der Waals surface area contributed by atoms with Crippen LogP contribution in [0.5, 0.6) is 5.75 Å². The van der Waals surface area contributed by atoms with E-state index < -0.39 is 18.4 Å². The average Bonchev–Trinajstić information content (AvgIpc) is 2.48. The zero-order valence-electron chi connectivity index (χ0n) is 12.0. The summed E-state index contributed by atoms with van der Waals surface area (Å²) in [5.41, 5.74) is 0.317. The van der Waals surface area contributed by atoms with Crippen molar-refractivity contribution in [3.63, 3.8) is 0 Å². The molecule has 0 aliphatic carbocycles. The highest BCUT2D eigenvalue weighted by atomic mass is 19.4. The molecular weight excluding hydrogens is 317 g/mol. The molecular formula is C14H15F3N2O4. The fraction of sp³-hybridized carbons (Fsp3) is 0.429. The number of anilines is 1. The maximum absolute atomic E-state index is 12.1. The van der Waals surface area contributed by atoms with E-state index >= 15 is 0 Å². The lowest BCUT2D eigenvalue weighted by atomic mass is 9.97. The van der Waals surface area contributed by atoms with E-state index in [2.05, 4.69) is 10.1 Å². The summed E-state index contributed by atoms with van der Waals surface area (Å²) < 4.78 is 39.9. The second-order valence-corrected chi connectivity index (χ2v) is 5.13. The second-order valence-electron chi connectivity index (χ2n) is 5.13. The number of halogens is 3. The van der Waals surface area contributed by atoms with Gasteiger partial charge in [0.1, 0.15) is 5.75 Å². The van der Waals surface area contributed by atoms with E-state index in [1.54, 1.807) is 0 Å². The van der Waals surface area contributed by atoms with E-state index in [9.17, 15) is 22.8 Å². The van der Waals surface area contributed by atoms with Gasteiger partial charge in [-0.3, -0.25) is 4.79 Å². The topological polar surface area (TPSA) is 78.9 Å². The smallest absolute Gasteiger partial charge is 0.465 e. The van der Waals surface area contributed by atoms with Crippen molar-refractivity contribution >= 4 is 17.7 Å². The monoisotopic (exact) mass is 332 g/mol. The summed E-state index contributed by atoms with van der Waals surface area (Å²) in [4.78, 5) is 24.2. The quantitative estimate of drug-likeness (QED) is 0.892. The molecule has 1 atom stereocenters. The third-order valence-electron chi connectivity index (χ3n) is 3.42. The average molecular weight is 332 g/mol. The number of carbonyl (C=O) groups is 2. The Balaban J connectivity index is 1.93. The van der Waals surface area contributed by atoms with E-state index in [0.717, 1.165) is 12.1 Å². The minimum atomic E-state index is -4.77. The number of ether oxygens (including phenoxy) is 1. The molecule has 0 bridgehead atoms. The summed E-state index contributed by atoms with van der Waals surface area (Å²) in [6, 6.07) is 4.76. The van der Waals surface area contributed by atoms with Crippen LogP contribution in [0.15, 0.2) is 24.3 Å². The van der Waals surface area contributed by atoms with E-state index in [-0.39, 0.29) is 18.2 Å². The van der Waals surface area contributed by atoms with Crippen LogP contribution in [0.2, 0.25) is 0 Å². The van der Waals surface area contributed by atoms with Gasteiger partial charge in [-0.15, -0.1) is 13.2 Å². The first kappa shape index (κ1) is 16.9. The van der Waals surface area contributed by atoms with Gasteiger partial charge in [0.25, 0.3) is 0 Å². The minimum absolute atomic E-state index is 0.108. The molecule has 2 N–H and O–H groups in total. The molecule has 2 rings (SSSR count). The molecule has 1 fully saturated rings. The third-order valence-corrected chi connectivity index (χ3v) is 3.42. The van der Waals surface area contributed by atoms with Gasteiger partial charge in [-0.05, 0) is 37.1 Å². The Bertz CT molecular complexity index is 574. The number of likely N-dealkylation sites (tertiary alicyclic amines) is 1. The summed E-state index contributed by atoms with van der Waals surface area (Å²) in [5, 5.41) is 11.5. The molecule has 0 unspecified atom stereocenters.